The van der Waals surface area contributed by atoms with Gasteiger partial charge in [0, 0.05) is 29.7 Å². The summed E-state index contributed by atoms with van der Waals surface area (Å²) in [5.41, 5.74) is 3.13. The highest BCUT2D eigenvalue weighted by molar-refractivity contribution is 6.08. The maximum absolute atomic E-state index is 12.9. The molecule has 0 atom stereocenters. The Morgan fingerprint density at radius 2 is 1.70 bits per heavy atom. The molecule has 0 aliphatic heterocycles. The zero-order valence-corrected chi connectivity index (χ0v) is 15.3. The molecule has 0 saturated heterocycles. The molecule has 0 radical (unpaired) electrons. The van der Waals surface area contributed by atoms with E-state index in [1.54, 1.807) is 11.0 Å². The predicted octanol–water partition coefficient (Wildman–Crippen LogP) is 4.31. The molecule has 3 rings (SSSR count). The van der Waals surface area contributed by atoms with Crippen molar-refractivity contribution in [3.05, 3.63) is 89.7 Å². The van der Waals surface area contributed by atoms with Gasteiger partial charge in [0.25, 0.3) is 11.8 Å². The van der Waals surface area contributed by atoms with E-state index in [1.807, 2.05) is 68.4 Å². The monoisotopic (exact) mass is 359 g/mol. The maximum atomic E-state index is 12.9. The van der Waals surface area contributed by atoms with Crippen LogP contribution >= 0.6 is 0 Å². The van der Waals surface area contributed by atoms with E-state index in [9.17, 15) is 9.59 Å². The van der Waals surface area contributed by atoms with Crippen LogP contribution in [-0.2, 0) is 0 Å². The highest BCUT2D eigenvalue weighted by Gasteiger charge is 2.19. The van der Waals surface area contributed by atoms with Crippen molar-refractivity contribution in [2.75, 3.05) is 16.8 Å². The van der Waals surface area contributed by atoms with Gasteiger partial charge in [0.2, 0.25) is 0 Å². The molecule has 0 saturated carbocycles. The number of nitrogens with one attached hydrogen (secondary N) is 1. The van der Waals surface area contributed by atoms with E-state index in [1.165, 1.54) is 12.3 Å². The zero-order chi connectivity index (χ0) is 19.2. The first-order chi connectivity index (χ1) is 13.1. The summed E-state index contributed by atoms with van der Waals surface area (Å²) in [6, 6.07) is 20.1. The van der Waals surface area contributed by atoms with Gasteiger partial charge >= 0.3 is 0 Å². The summed E-state index contributed by atoms with van der Waals surface area (Å²) in [7, 11) is 0. The quantitative estimate of drug-likeness (QED) is 0.738. The van der Waals surface area contributed by atoms with E-state index in [0.29, 0.717) is 12.1 Å². The van der Waals surface area contributed by atoms with Gasteiger partial charge < -0.3 is 10.2 Å². The molecule has 27 heavy (non-hydrogen) atoms. The van der Waals surface area contributed by atoms with Crippen LogP contribution in [0.5, 0.6) is 0 Å². The van der Waals surface area contributed by atoms with Crippen LogP contribution in [0.4, 0.5) is 11.4 Å². The van der Waals surface area contributed by atoms with Crippen molar-refractivity contribution in [1.82, 2.24) is 4.98 Å². The minimum atomic E-state index is -0.275. The van der Waals surface area contributed by atoms with Gasteiger partial charge in [0.15, 0.2) is 0 Å². The van der Waals surface area contributed by atoms with Crippen LogP contribution in [-0.4, -0.2) is 23.3 Å². The molecule has 0 fully saturated rings. The summed E-state index contributed by atoms with van der Waals surface area (Å²) in [5, 5.41) is 2.88. The molecular formula is C22H21N3O2. The molecule has 2 aromatic carbocycles. The molecule has 3 aromatic rings. The van der Waals surface area contributed by atoms with E-state index < -0.39 is 0 Å². The summed E-state index contributed by atoms with van der Waals surface area (Å²) in [6.45, 7) is 4.33. The Hall–Kier alpha value is -3.47. The SMILES string of the molecule is CCN(C(=O)c1cc(C(=O)Nc2ccccc2C)ccn1)c1ccccc1. The average molecular weight is 359 g/mol. The Morgan fingerprint density at radius 3 is 2.41 bits per heavy atom. The predicted molar refractivity (Wildman–Crippen MR) is 107 cm³/mol. The van der Waals surface area contributed by atoms with Gasteiger partial charge in [-0.25, -0.2) is 0 Å². The fourth-order valence-corrected chi connectivity index (χ4v) is 2.79. The Morgan fingerprint density at radius 1 is 1.00 bits per heavy atom. The first-order valence-corrected chi connectivity index (χ1v) is 8.80. The minimum Gasteiger partial charge on any atom is -0.322 e. The molecule has 0 aliphatic rings. The number of anilines is 2. The molecule has 5 nitrogen and oxygen atoms in total. The van der Waals surface area contributed by atoms with E-state index in [0.717, 1.165) is 16.9 Å². The van der Waals surface area contributed by atoms with Crippen LogP contribution in [0.3, 0.4) is 0 Å². The number of rotatable bonds is 5. The number of pyridine rings is 1. The molecule has 0 aliphatic carbocycles. The maximum Gasteiger partial charge on any atom is 0.276 e. The summed E-state index contributed by atoms with van der Waals surface area (Å²) >= 11 is 0. The third kappa shape index (κ3) is 4.20. The number of hydrogen-bond acceptors (Lipinski definition) is 3. The van der Waals surface area contributed by atoms with Crippen molar-refractivity contribution in [3.63, 3.8) is 0 Å². The number of benzene rings is 2. The Balaban J connectivity index is 1.83. The number of nitrogens with zero attached hydrogens (tertiary/aromatic N) is 2. The van der Waals surface area contributed by atoms with Crippen molar-refractivity contribution in [2.45, 2.75) is 13.8 Å². The highest BCUT2D eigenvalue weighted by atomic mass is 16.2. The number of aryl methyl sites for hydroxylation is 1. The normalized spacial score (nSPS) is 10.3. The topological polar surface area (TPSA) is 62.3 Å². The smallest absolute Gasteiger partial charge is 0.276 e. The fraction of sp³-hybridized carbons (Fsp3) is 0.136. The number of carbonyl (C=O) groups excluding carboxylic acids is 2. The number of hydrogen-bond donors (Lipinski definition) is 1. The van der Waals surface area contributed by atoms with Crippen LogP contribution < -0.4 is 10.2 Å². The van der Waals surface area contributed by atoms with E-state index in [2.05, 4.69) is 10.3 Å². The summed E-state index contributed by atoms with van der Waals surface area (Å²) < 4.78 is 0. The second-order valence-corrected chi connectivity index (χ2v) is 6.08. The Kier molecular flexibility index (Phi) is 5.61. The number of aromatic nitrogens is 1. The standard InChI is InChI=1S/C22H21N3O2/c1-3-25(18-10-5-4-6-11-18)22(27)20-15-17(13-14-23-20)21(26)24-19-12-8-7-9-16(19)2/h4-15H,3H2,1-2H3,(H,24,26). The Bertz CT molecular complexity index is 955. The fourth-order valence-electron chi connectivity index (χ4n) is 2.79. The third-order valence-electron chi connectivity index (χ3n) is 4.26. The first-order valence-electron chi connectivity index (χ1n) is 8.80. The largest absolute Gasteiger partial charge is 0.322 e. The van der Waals surface area contributed by atoms with Gasteiger partial charge in [-0.3, -0.25) is 14.6 Å². The lowest BCUT2D eigenvalue weighted by Crippen LogP contribution is -2.31. The van der Waals surface area contributed by atoms with Crippen LogP contribution in [0.1, 0.15) is 33.3 Å². The number of carbonyl (C=O) groups is 2. The molecule has 1 N–H and O–H groups in total. The zero-order valence-electron chi connectivity index (χ0n) is 15.3. The lowest BCUT2D eigenvalue weighted by Gasteiger charge is -2.20. The van der Waals surface area contributed by atoms with Crippen molar-refractivity contribution in [2.24, 2.45) is 0 Å². The molecule has 1 aromatic heterocycles. The molecule has 136 valence electrons. The third-order valence-corrected chi connectivity index (χ3v) is 4.26. The van der Waals surface area contributed by atoms with Gasteiger partial charge in [0.05, 0.1) is 0 Å². The molecule has 5 heteroatoms. The second kappa shape index (κ2) is 8.27. The molecule has 2 amide bonds. The first kappa shape index (κ1) is 18.3. The van der Waals surface area contributed by atoms with Crippen LogP contribution in [0.15, 0.2) is 72.9 Å². The van der Waals surface area contributed by atoms with Crippen molar-refractivity contribution in [1.29, 1.82) is 0 Å². The Labute approximate surface area is 158 Å². The van der Waals surface area contributed by atoms with Crippen molar-refractivity contribution in [3.8, 4) is 0 Å². The molecular weight excluding hydrogens is 338 g/mol. The van der Waals surface area contributed by atoms with Gasteiger partial charge in [0.1, 0.15) is 5.69 Å². The molecule has 0 bridgehead atoms. The summed E-state index contributed by atoms with van der Waals surface area (Å²) in [6.07, 6.45) is 1.48. The minimum absolute atomic E-state index is 0.234. The summed E-state index contributed by atoms with van der Waals surface area (Å²) in [5.74, 6) is -0.516. The highest BCUT2D eigenvalue weighted by Crippen LogP contribution is 2.18. The van der Waals surface area contributed by atoms with Crippen LogP contribution in [0.25, 0.3) is 0 Å². The van der Waals surface area contributed by atoms with E-state index in [4.69, 9.17) is 0 Å². The number of para-hydroxylation sites is 2. The molecule has 0 spiro atoms. The molecule has 1 heterocycles. The summed E-state index contributed by atoms with van der Waals surface area (Å²) in [4.78, 5) is 31.3. The van der Waals surface area contributed by atoms with Crippen molar-refractivity contribution < 1.29 is 9.59 Å². The van der Waals surface area contributed by atoms with Crippen LogP contribution in [0.2, 0.25) is 0 Å². The van der Waals surface area contributed by atoms with Gasteiger partial charge in [-0.05, 0) is 49.7 Å². The van der Waals surface area contributed by atoms with Gasteiger partial charge in [-0.15, -0.1) is 0 Å². The van der Waals surface area contributed by atoms with Crippen molar-refractivity contribution >= 4 is 23.2 Å². The lowest BCUT2D eigenvalue weighted by molar-refractivity contribution is 0.0983. The van der Waals surface area contributed by atoms with Crippen LogP contribution in [0, 0.1) is 6.92 Å². The number of amides is 2. The van der Waals surface area contributed by atoms with E-state index >= 15 is 0 Å². The second-order valence-electron chi connectivity index (χ2n) is 6.08. The lowest BCUT2D eigenvalue weighted by atomic mass is 10.1. The average Bonchev–Trinajstić information content (AvgIpc) is 2.71. The van der Waals surface area contributed by atoms with Gasteiger partial charge in [-0.2, -0.15) is 0 Å². The van der Waals surface area contributed by atoms with E-state index in [-0.39, 0.29) is 17.5 Å². The van der Waals surface area contributed by atoms with Gasteiger partial charge in [-0.1, -0.05) is 36.4 Å². The molecule has 0 unspecified atom stereocenters.